The number of nitrogens with zero attached hydrogens (tertiary/aromatic N) is 1. The van der Waals surface area contributed by atoms with Crippen LogP contribution in [0.25, 0.3) is 11.1 Å². The van der Waals surface area contributed by atoms with E-state index in [-0.39, 0.29) is 6.42 Å². The van der Waals surface area contributed by atoms with Crippen molar-refractivity contribution in [2.24, 2.45) is 5.73 Å². The number of hydrogen-bond donors (Lipinski definition) is 2. The predicted molar refractivity (Wildman–Crippen MR) is 53.3 cm³/mol. The standard InChI is InChI=1S/C10H10N2O3/c11-6(10(13)14)5-9-12-7-3-1-2-4-8(7)15-9/h1-4,6H,5,11H2,(H,13,14). The molecule has 1 aromatic heterocycles. The fourth-order valence-corrected chi connectivity index (χ4v) is 1.28. The Balaban J connectivity index is 2.26. The molecule has 0 spiro atoms. The van der Waals surface area contributed by atoms with Crippen LogP contribution in [0, 0.1) is 0 Å². The van der Waals surface area contributed by atoms with Crippen LogP contribution < -0.4 is 5.73 Å². The first-order valence-electron chi connectivity index (χ1n) is 4.49. The number of carboxylic acid groups (broad SMARTS) is 1. The highest BCUT2D eigenvalue weighted by molar-refractivity contribution is 5.74. The number of nitrogens with two attached hydrogens (primary N) is 1. The normalized spacial score (nSPS) is 12.9. The van der Waals surface area contributed by atoms with Gasteiger partial charge in [-0.15, -0.1) is 0 Å². The summed E-state index contributed by atoms with van der Waals surface area (Å²) in [4.78, 5) is 14.6. The summed E-state index contributed by atoms with van der Waals surface area (Å²) >= 11 is 0. The van der Waals surface area contributed by atoms with Crippen molar-refractivity contribution in [3.8, 4) is 0 Å². The Morgan fingerprint density at radius 3 is 2.93 bits per heavy atom. The zero-order valence-corrected chi connectivity index (χ0v) is 7.88. The zero-order valence-electron chi connectivity index (χ0n) is 7.88. The Morgan fingerprint density at radius 2 is 2.27 bits per heavy atom. The van der Waals surface area contributed by atoms with Gasteiger partial charge in [-0.25, -0.2) is 4.98 Å². The quantitative estimate of drug-likeness (QED) is 0.774. The average Bonchev–Trinajstić information content (AvgIpc) is 2.59. The smallest absolute Gasteiger partial charge is 0.321 e. The van der Waals surface area contributed by atoms with E-state index in [1.165, 1.54) is 0 Å². The second kappa shape index (κ2) is 3.70. The van der Waals surface area contributed by atoms with Crippen LogP contribution in [0.4, 0.5) is 0 Å². The molecule has 0 aliphatic carbocycles. The minimum atomic E-state index is -1.06. The van der Waals surface area contributed by atoms with Gasteiger partial charge in [0.15, 0.2) is 11.5 Å². The van der Waals surface area contributed by atoms with Crippen LogP contribution in [0.3, 0.4) is 0 Å². The van der Waals surface area contributed by atoms with E-state index in [1.807, 2.05) is 12.1 Å². The minimum absolute atomic E-state index is 0.101. The number of fused-ring (bicyclic) bond motifs is 1. The molecule has 0 aliphatic rings. The number of carbonyl (C=O) groups is 1. The van der Waals surface area contributed by atoms with E-state index in [1.54, 1.807) is 12.1 Å². The van der Waals surface area contributed by atoms with Gasteiger partial charge in [0, 0.05) is 0 Å². The Morgan fingerprint density at radius 1 is 1.53 bits per heavy atom. The van der Waals surface area contributed by atoms with Gasteiger partial charge in [-0.1, -0.05) is 12.1 Å². The second-order valence-corrected chi connectivity index (χ2v) is 3.22. The van der Waals surface area contributed by atoms with E-state index in [0.717, 1.165) is 0 Å². The van der Waals surface area contributed by atoms with Crippen molar-refractivity contribution in [1.29, 1.82) is 0 Å². The lowest BCUT2D eigenvalue weighted by molar-refractivity contribution is -0.138. The van der Waals surface area contributed by atoms with E-state index in [4.69, 9.17) is 15.3 Å². The van der Waals surface area contributed by atoms with Gasteiger partial charge in [0.25, 0.3) is 0 Å². The molecule has 0 fully saturated rings. The molecule has 78 valence electrons. The summed E-state index contributed by atoms with van der Waals surface area (Å²) in [7, 11) is 0. The van der Waals surface area contributed by atoms with Crippen LogP contribution in [0.2, 0.25) is 0 Å². The molecule has 0 aliphatic heterocycles. The van der Waals surface area contributed by atoms with Gasteiger partial charge in [0.2, 0.25) is 0 Å². The molecule has 5 heteroatoms. The number of carboxylic acids is 1. The number of para-hydroxylation sites is 2. The molecule has 0 radical (unpaired) electrons. The third-order valence-corrected chi connectivity index (χ3v) is 2.05. The average molecular weight is 206 g/mol. The van der Waals surface area contributed by atoms with Crippen molar-refractivity contribution in [2.45, 2.75) is 12.5 Å². The molecule has 0 bridgehead atoms. The molecule has 2 rings (SSSR count). The highest BCUT2D eigenvalue weighted by atomic mass is 16.4. The molecule has 2 aromatic rings. The van der Waals surface area contributed by atoms with Crippen LogP contribution >= 0.6 is 0 Å². The summed E-state index contributed by atoms with van der Waals surface area (Å²) in [6, 6.07) is 6.27. The Kier molecular flexibility index (Phi) is 2.39. The highest BCUT2D eigenvalue weighted by Gasteiger charge is 2.15. The lowest BCUT2D eigenvalue weighted by atomic mass is 10.2. The number of hydrogen-bond acceptors (Lipinski definition) is 4. The summed E-state index contributed by atoms with van der Waals surface area (Å²) in [5, 5.41) is 8.62. The van der Waals surface area contributed by atoms with Gasteiger partial charge in [-0.3, -0.25) is 4.79 Å². The SMILES string of the molecule is NC(Cc1nc2ccccc2o1)C(=O)O. The van der Waals surface area contributed by atoms with E-state index < -0.39 is 12.0 Å². The van der Waals surface area contributed by atoms with Crippen molar-refractivity contribution in [3.05, 3.63) is 30.2 Å². The van der Waals surface area contributed by atoms with Gasteiger partial charge < -0.3 is 15.3 Å². The van der Waals surface area contributed by atoms with E-state index in [2.05, 4.69) is 4.98 Å². The van der Waals surface area contributed by atoms with Gasteiger partial charge in [0.1, 0.15) is 11.6 Å². The number of oxazole rings is 1. The van der Waals surface area contributed by atoms with Crippen LogP contribution in [0.15, 0.2) is 28.7 Å². The second-order valence-electron chi connectivity index (χ2n) is 3.22. The van der Waals surface area contributed by atoms with Gasteiger partial charge in [-0.05, 0) is 12.1 Å². The highest BCUT2D eigenvalue weighted by Crippen LogP contribution is 2.15. The van der Waals surface area contributed by atoms with Gasteiger partial charge in [0.05, 0.1) is 6.42 Å². The topological polar surface area (TPSA) is 89.4 Å². The molecular formula is C10H10N2O3. The molecule has 0 saturated carbocycles. The maximum atomic E-state index is 10.5. The summed E-state index contributed by atoms with van der Waals surface area (Å²) in [5.74, 6) is -0.705. The largest absolute Gasteiger partial charge is 0.480 e. The number of benzene rings is 1. The van der Waals surface area contributed by atoms with Crippen molar-refractivity contribution in [2.75, 3.05) is 0 Å². The molecule has 1 heterocycles. The third kappa shape index (κ3) is 1.97. The third-order valence-electron chi connectivity index (χ3n) is 2.05. The first-order chi connectivity index (χ1) is 7.16. The first kappa shape index (κ1) is 9.67. The van der Waals surface area contributed by atoms with Crippen molar-refractivity contribution in [3.63, 3.8) is 0 Å². The van der Waals surface area contributed by atoms with E-state index in [0.29, 0.717) is 17.0 Å². The summed E-state index contributed by atoms with van der Waals surface area (Å²) in [6.45, 7) is 0. The predicted octanol–water partition coefficient (Wildman–Crippen LogP) is 0.782. The molecule has 0 saturated heterocycles. The number of aliphatic carboxylic acids is 1. The summed E-state index contributed by atoms with van der Waals surface area (Å²) in [6.07, 6.45) is 0.101. The molecular weight excluding hydrogens is 196 g/mol. The van der Waals surface area contributed by atoms with Crippen LogP contribution in [0.5, 0.6) is 0 Å². The number of aromatic nitrogens is 1. The fraction of sp³-hybridized carbons (Fsp3) is 0.200. The van der Waals surface area contributed by atoms with Crippen molar-refractivity contribution in [1.82, 2.24) is 4.98 Å². The number of rotatable bonds is 3. The molecule has 5 nitrogen and oxygen atoms in total. The van der Waals surface area contributed by atoms with Gasteiger partial charge >= 0.3 is 5.97 Å². The van der Waals surface area contributed by atoms with E-state index in [9.17, 15) is 4.79 Å². The van der Waals surface area contributed by atoms with Crippen LogP contribution in [-0.2, 0) is 11.2 Å². The van der Waals surface area contributed by atoms with Crippen LogP contribution in [-0.4, -0.2) is 22.1 Å². The molecule has 1 unspecified atom stereocenters. The lowest BCUT2D eigenvalue weighted by Crippen LogP contribution is -2.32. The van der Waals surface area contributed by atoms with E-state index >= 15 is 0 Å². The monoisotopic (exact) mass is 206 g/mol. The molecule has 3 N–H and O–H groups in total. The minimum Gasteiger partial charge on any atom is -0.480 e. The Labute approximate surface area is 85.5 Å². The lowest BCUT2D eigenvalue weighted by Gasteiger charge is -2.00. The molecule has 0 amide bonds. The molecule has 1 atom stereocenters. The fourth-order valence-electron chi connectivity index (χ4n) is 1.28. The first-order valence-corrected chi connectivity index (χ1v) is 4.49. The van der Waals surface area contributed by atoms with Crippen LogP contribution in [0.1, 0.15) is 5.89 Å². The summed E-state index contributed by atoms with van der Waals surface area (Å²) < 4.78 is 5.33. The maximum absolute atomic E-state index is 10.5. The Hall–Kier alpha value is -1.88. The molecule has 1 aromatic carbocycles. The maximum Gasteiger partial charge on any atom is 0.321 e. The Bertz CT molecular complexity index is 459. The summed E-state index contributed by atoms with van der Waals surface area (Å²) in [5.41, 5.74) is 6.73. The van der Waals surface area contributed by atoms with Crippen molar-refractivity contribution < 1.29 is 14.3 Å². The molecule has 15 heavy (non-hydrogen) atoms. The van der Waals surface area contributed by atoms with Gasteiger partial charge in [-0.2, -0.15) is 0 Å². The van der Waals surface area contributed by atoms with Crippen molar-refractivity contribution >= 4 is 17.1 Å². The zero-order chi connectivity index (χ0) is 10.8.